The number of nitrogens with zero attached hydrogens (tertiary/aromatic N) is 1. The standard InChI is InChI=1S/C20H21F2NO/c21-17-7-4-8-18(22)19(17)20(24)11-15-9-10-16(12-20)23(15)13-14-5-2-1-3-6-14/h1-8,15-16,24H,9-13H2. The van der Waals surface area contributed by atoms with Gasteiger partial charge < -0.3 is 5.11 Å². The molecule has 2 aliphatic heterocycles. The topological polar surface area (TPSA) is 23.5 Å². The van der Waals surface area contributed by atoms with Crippen LogP contribution in [0.15, 0.2) is 48.5 Å². The molecule has 24 heavy (non-hydrogen) atoms. The highest BCUT2D eigenvalue weighted by atomic mass is 19.1. The fourth-order valence-electron chi connectivity index (χ4n) is 4.52. The first kappa shape index (κ1) is 15.7. The lowest BCUT2D eigenvalue weighted by molar-refractivity contribution is -0.0637. The summed E-state index contributed by atoms with van der Waals surface area (Å²) in [6, 6.07) is 14.3. The number of hydrogen-bond acceptors (Lipinski definition) is 2. The minimum Gasteiger partial charge on any atom is -0.385 e. The quantitative estimate of drug-likeness (QED) is 0.921. The Labute approximate surface area is 140 Å². The highest BCUT2D eigenvalue weighted by Gasteiger charge is 2.49. The number of benzene rings is 2. The molecule has 4 rings (SSSR count). The van der Waals surface area contributed by atoms with Gasteiger partial charge in [-0.05, 0) is 43.4 Å². The molecule has 2 aromatic carbocycles. The van der Waals surface area contributed by atoms with Crippen molar-refractivity contribution in [3.63, 3.8) is 0 Å². The number of halogens is 2. The Balaban J connectivity index is 1.60. The summed E-state index contributed by atoms with van der Waals surface area (Å²) < 4.78 is 28.4. The molecule has 1 N–H and O–H groups in total. The molecule has 0 radical (unpaired) electrons. The molecule has 2 fully saturated rings. The van der Waals surface area contributed by atoms with Crippen LogP contribution in [0.5, 0.6) is 0 Å². The van der Waals surface area contributed by atoms with Crippen LogP contribution in [-0.4, -0.2) is 22.1 Å². The maximum absolute atomic E-state index is 14.2. The van der Waals surface area contributed by atoms with E-state index in [-0.39, 0.29) is 17.6 Å². The Kier molecular flexibility index (Phi) is 3.89. The van der Waals surface area contributed by atoms with E-state index in [1.807, 2.05) is 18.2 Å². The zero-order valence-corrected chi connectivity index (χ0v) is 13.5. The van der Waals surface area contributed by atoms with Gasteiger partial charge in [0.15, 0.2) is 0 Å². The second-order valence-corrected chi connectivity index (χ2v) is 7.08. The molecule has 2 saturated heterocycles. The van der Waals surface area contributed by atoms with Crippen molar-refractivity contribution in [3.05, 3.63) is 71.3 Å². The molecule has 0 saturated carbocycles. The molecule has 2 heterocycles. The van der Waals surface area contributed by atoms with E-state index < -0.39 is 17.2 Å². The van der Waals surface area contributed by atoms with Crippen LogP contribution in [0.4, 0.5) is 8.78 Å². The van der Waals surface area contributed by atoms with Gasteiger partial charge >= 0.3 is 0 Å². The van der Waals surface area contributed by atoms with Crippen molar-refractivity contribution in [1.82, 2.24) is 4.90 Å². The van der Waals surface area contributed by atoms with E-state index in [4.69, 9.17) is 0 Å². The van der Waals surface area contributed by atoms with Gasteiger partial charge in [-0.2, -0.15) is 0 Å². The van der Waals surface area contributed by atoms with Crippen LogP contribution in [0.25, 0.3) is 0 Å². The van der Waals surface area contributed by atoms with Crippen molar-refractivity contribution in [2.45, 2.75) is 49.9 Å². The first-order valence-electron chi connectivity index (χ1n) is 8.53. The second kappa shape index (κ2) is 5.94. The fourth-order valence-corrected chi connectivity index (χ4v) is 4.52. The van der Waals surface area contributed by atoms with E-state index in [0.29, 0.717) is 12.8 Å². The van der Waals surface area contributed by atoms with Crippen LogP contribution in [0, 0.1) is 11.6 Å². The largest absolute Gasteiger partial charge is 0.385 e. The van der Waals surface area contributed by atoms with Gasteiger partial charge in [0.1, 0.15) is 11.6 Å². The van der Waals surface area contributed by atoms with Crippen molar-refractivity contribution in [3.8, 4) is 0 Å². The van der Waals surface area contributed by atoms with Gasteiger partial charge in [0.25, 0.3) is 0 Å². The van der Waals surface area contributed by atoms with Crippen LogP contribution in [0.1, 0.15) is 36.8 Å². The summed E-state index contributed by atoms with van der Waals surface area (Å²) in [4.78, 5) is 2.39. The second-order valence-electron chi connectivity index (χ2n) is 7.08. The average Bonchev–Trinajstić information content (AvgIpc) is 2.79. The third-order valence-electron chi connectivity index (χ3n) is 5.55. The SMILES string of the molecule is OC1(c2c(F)cccc2F)CC2CCC(C1)N2Cc1ccccc1. The molecule has 2 aliphatic rings. The Morgan fingerprint density at radius 2 is 1.50 bits per heavy atom. The summed E-state index contributed by atoms with van der Waals surface area (Å²) in [5, 5.41) is 11.1. The minimum absolute atomic E-state index is 0.152. The van der Waals surface area contributed by atoms with Gasteiger partial charge in [-0.15, -0.1) is 0 Å². The molecule has 0 aromatic heterocycles. The van der Waals surface area contributed by atoms with Crippen LogP contribution in [-0.2, 0) is 12.1 Å². The minimum atomic E-state index is -1.41. The number of fused-ring (bicyclic) bond motifs is 2. The normalized spacial score (nSPS) is 29.8. The van der Waals surface area contributed by atoms with E-state index >= 15 is 0 Å². The van der Waals surface area contributed by atoms with Gasteiger partial charge in [-0.1, -0.05) is 36.4 Å². The lowest BCUT2D eigenvalue weighted by atomic mass is 9.80. The van der Waals surface area contributed by atoms with Gasteiger partial charge in [-0.25, -0.2) is 8.78 Å². The highest BCUT2D eigenvalue weighted by molar-refractivity contribution is 5.29. The predicted molar refractivity (Wildman–Crippen MR) is 88.3 cm³/mol. The summed E-state index contributed by atoms with van der Waals surface area (Å²) in [5.41, 5.74) is -0.327. The first-order chi connectivity index (χ1) is 11.6. The lowest BCUT2D eigenvalue weighted by Crippen LogP contribution is -2.49. The molecule has 2 bridgehead atoms. The van der Waals surface area contributed by atoms with Gasteiger partial charge in [0, 0.05) is 18.6 Å². The Morgan fingerprint density at radius 3 is 2.08 bits per heavy atom. The number of aliphatic hydroxyl groups is 1. The summed E-state index contributed by atoms with van der Waals surface area (Å²) in [5.74, 6) is -1.29. The average molecular weight is 329 g/mol. The summed E-state index contributed by atoms with van der Waals surface area (Å²) >= 11 is 0. The Morgan fingerprint density at radius 1 is 0.917 bits per heavy atom. The molecule has 2 atom stereocenters. The van der Waals surface area contributed by atoms with Crippen molar-refractivity contribution in [1.29, 1.82) is 0 Å². The fraction of sp³-hybridized carbons (Fsp3) is 0.400. The van der Waals surface area contributed by atoms with Crippen molar-refractivity contribution in [2.24, 2.45) is 0 Å². The number of piperidine rings is 1. The zero-order valence-electron chi connectivity index (χ0n) is 13.5. The molecule has 2 unspecified atom stereocenters. The van der Waals surface area contributed by atoms with Crippen LogP contribution < -0.4 is 0 Å². The monoisotopic (exact) mass is 329 g/mol. The summed E-state index contributed by atoms with van der Waals surface area (Å²) in [6.45, 7) is 0.825. The van der Waals surface area contributed by atoms with Gasteiger partial charge in [0.05, 0.1) is 11.2 Å². The summed E-state index contributed by atoms with van der Waals surface area (Å²) in [7, 11) is 0. The highest BCUT2D eigenvalue weighted by Crippen LogP contribution is 2.47. The van der Waals surface area contributed by atoms with E-state index in [1.165, 1.54) is 23.8 Å². The van der Waals surface area contributed by atoms with E-state index in [9.17, 15) is 13.9 Å². The summed E-state index contributed by atoms with van der Waals surface area (Å²) in [6.07, 6.45) is 2.70. The molecular formula is C20H21F2NO. The molecule has 0 aliphatic carbocycles. The first-order valence-corrected chi connectivity index (χ1v) is 8.53. The number of hydrogen-bond donors (Lipinski definition) is 1. The molecule has 0 amide bonds. The van der Waals surface area contributed by atoms with E-state index in [2.05, 4.69) is 17.0 Å². The Hall–Kier alpha value is -1.78. The third kappa shape index (κ3) is 2.64. The molecular weight excluding hydrogens is 308 g/mol. The molecule has 4 heteroatoms. The third-order valence-corrected chi connectivity index (χ3v) is 5.55. The molecule has 0 spiro atoms. The molecule has 126 valence electrons. The van der Waals surface area contributed by atoms with Crippen LogP contribution >= 0.6 is 0 Å². The van der Waals surface area contributed by atoms with E-state index in [0.717, 1.165) is 19.4 Å². The van der Waals surface area contributed by atoms with Crippen LogP contribution in [0.2, 0.25) is 0 Å². The molecule has 2 aromatic rings. The zero-order chi connectivity index (χ0) is 16.7. The lowest BCUT2D eigenvalue weighted by Gasteiger charge is -2.44. The van der Waals surface area contributed by atoms with Crippen molar-refractivity contribution in [2.75, 3.05) is 0 Å². The predicted octanol–water partition coefficient (Wildman–Crippen LogP) is 3.98. The van der Waals surface area contributed by atoms with Crippen LogP contribution in [0.3, 0.4) is 0 Å². The van der Waals surface area contributed by atoms with Gasteiger partial charge in [0.2, 0.25) is 0 Å². The smallest absolute Gasteiger partial charge is 0.132 e. The maximum atomic E-state index is 14.2. The maximum Gasteiger partial charge on any atom is 0.132 e. The Bertz CT molecular complexity index is 699. The van der Waals surface area contributed by atoms with Gasteiger partial charge in [-0.3, -0.25) is 4.90 Å². The molecule has 2 nitrogen and oxygen atoms in total. The van der Waals surface area contributed by atoms with E-state index in [1.54, 1.807) is 0 Å². The van der Waals surface area contributed by atoms with Crippen molar-refractivity contribution < 1.29 is 13.9 Å². The van der Waals surface area contributed by atoms with Crippen molar-refractivity contribution >= 4 is 0 Å². The number of rotatable bonds is 3.